The van der Waals surface area contributed by atoms with Crippen LogP contribution in [0.2, 0.25) is 0 Å². The molecule has 0 spiro atoms. The minimum atomic E-state index is -1.30. The van der Waals surface area contributed by atoms with Gasteiger partial charge in [0.25, 0.3) is 5.79 Å². The number of nitrogens with one attached hydrogen (secondary N) is 1. The first-order chi connectivity index (χ1) is 13.6. The molecule has 0 radical (unpaired) electrons. The van der Waals surface area contributed by atoms with Crippen molar-refractivity contribution in [2.45, 2.75) is 40.0 Å². The summed E-state index contributed by atoms with van der Waals surface area (Å²) in [4.78, 5) is 39.7. The molecule has 3 rings (SSSR count). The molecule has 0 amide bonds. The number of anilines is 1. The quantitative estimate of drug-likeness (QED) is 0.447. The largest absolute Gasteiger partial charge is 0.480 e. The Balaban J connectivity index is 1.88. The van der Waals surface area contributed by atoms with Gasteiger partial charge in [0.2, 0.25) is 0 Å². The molecule has 1 saturated heterocycles. The second-order valence-electron chi connectivity index (χ2n) is 7.05. The number of hydrogen-bond donors (Lipinski definition) is 2. The summed E-state index contributed by atoms with van der Waals surface area (Å²) in [5, 5.41) is 12.1. The third kappa shape index (κ3) is 4.29. The molecule has 0 bridgehead atoms. The average molecular weight is 399 g/mol. The number of carbonyl (C=O) groups excluding carboxylic acids is 2. The highest BCUT2D eigenvalue weighted by molar-refractivity contribution is 6.15. The van der Waals surface area contributed by atoms with Crippen LogP contribution in [0.15, 0.2) is 36.0 Å². The molecular weight excluding hydrogens is 378 g/mol. The van der Waals surface area contributed by atoms with Crippen LogP contribution >= 0.6 is 0 Å². The summed E-state index contributed by atoms with van der Waals surface area (Å²) in [5.41, 5.74) is 2.49. The van der Waals surface area contributed by atoms with Crippen molar-refractivity contribution >= 4 is 23.6 Å². The highest BCUT2D eigenvalue weighted by Gasteiger charge is 2.38. The van der Waals surface area contributed by atoms with E-state index in [1.807, 2.05) is 13.8 Å². The van der Waals surface area contributed by atoms with Crippen molar-refractivity contribution in [3.05, 3.63) is 47.4 Å². The van der Waals surface area contributed by atoms with Crippen LogP contribution in [0.4, 0.5) is 5.69 Å². The van der Waals surface area contributed by atoms with E-state index in [1.54, 1.807) is 28.8 Å². The lowest BCUT2D eigenvalue weighted by molar-refractivity contribution is -0.222. The average Bonchev–Trinajstić information content (AvgIpc) is 2.88. The van der Waals surface area contributed by atoms with Crippen molar-refractivity contribution < 1.29 is 29.0 Å². The fraction of sp³-hybridized carbons (Fsp3) is 0.300. The number of cyclic esters (lactones) is 2. The summed E-state index contributed by atoms with van der Waals surface area (Å²) in [6, 6.07) is 7.01. The molecule has 1 aromatic heterocycles. The van der Waals surface area contributed by atoms with Crippen molar-refractivity contribution in [2.75, 3.05) is 5.32 Å². The van der Waals surface area contributed by atoms with Gasteiger partial charge in [-0.05, 0) is 26.0 Å². The zero-order valence-corrected chi connectivity index (χ0v) is 16.5. The minimum absolute atomic E-state index is 0.211. The first kappa shape index (κ1) is 20.1. The van der Waals surface area contributed by atoms with Crippen LogP contribution in [0.5, 0.6) is 0 Å². The van der Waals surface area contributed by atoms with Crippen molar-refractivity contribution in [3.63, 3.8) is 0 Å². The van der Waals surface area contributed by atoms with Crippen molar-refractivity contribution in [3.8, 4) is 11.4 Å². The van der Waals surface area contributed by atoms with E-state index >= 15 is 0 Å². The number of carbonyl (C=O) groups is 3. The van der Waals surface area contributed by atoms with Gasteiger partial charge in [0.15, 0.2) is 5.57 Å². The Morgan fingerprint density at radius 3 is 2.52 bits per heavy atom. The molecule has 0 atom stereocenters. The summed E-state index contributed by atoms with van der Waals surface area (Å²) >= 11 is 0. The second kappa shape index (κ2) is 7.42. The van der Waals surface area contributed by atoms with E-state index in [-0.39, 0.29) is 12.1 Å². The number of benzene rings is 1. The number of imidazole rings is 1. The topological polar surface area (TPSA) is 120 Å². The summed E-state index contributed by atoms with van der Waals surface area (Å²) < 4.78 is 11.7. The van der Waals surface area contributed by atoms with Crippen molar-refractivity contribution in [1.82, 2.24) is 9.55 Å². The maximum absolute atomic E-state index is 12.0. The molecular formula is C20H21N3O6. The van der Waals surface area contributed by atoms with E-state index in [0.29, 0.717) is 17.1 Å². The zero-order chi connectivity index (χ0) is 21.3. The summed E-state index contributed by atoms with van der Waals surface area (Å²) in [7, 11) is 0. The van der Waals surface area contributed by atoms with Gasteiger partial charge in [-0.25, -0.2) is 14.6 Å². The normalized spacial score (nSPS) is 15.5. The van der Waals surface area contributed by atoms with E-state index in [1.165, 1.54) is 20.0 Å². The molecule has 2 aromatic rings. The first-order valence-corrected chi connectivity index (χ1v) is 8.87. The number of carboxylic acids is 1. The van der Waals surface area contributed by atoms with Gasteiger partial charge in [0.1, 0.15) is 12.4 Å². The molecule has 1 fully saturated rings. The van der Waals surface area contributed by atoms with Crippen LogP contribution in [0, 0.1) is 13.8 Å². The van der Waals surface area contributed by atoms with Crippen molar-refractivity contribution in [1.29, 1.82) is 0 Å². The lowest BCUT2D eigenvalue weighted by Crippen LogP contribution is -2.42. The van der Waals surface area contributed by atoms with Gasteiger partial charge in [-0.1, -0.05) is 12.1 Å². The molecule has 0 aliphatic carbocycles. The molecule has 9 heteroatoms. The van der Waals surface area contributed by atoms with Gasteiger partial charge in [-0.3, -0.25) is 4.79 Å². The Morgan fingerprint density at radius 1 is 1.24 bits per heavy atom. The lowest BCUT2D eigenvalue weighted by atomic mass is 10.2. The Morgan fingerprint density at radius 2 is 1.90 bits per heavy atom. The van der Waals surface area contributed by atoms with E-state index in [4.69, 9.17) is 9.47 Å². The fourth-order valence-corrected chi connectivity index (χ4v) is 2.89. The fourth-order valence-electron chi connectivity index (χ4n) is 2.89. The Hall–Kier alpha value is -3.62. The van der Waals surface area contributed by atoms with Crippen molar-refractivity contribution in [2.24, 2.45) is 0 Å². The standard InChI is InChI=1S/C20H21N3O6/c1-11-12(2)23(10-16(24)25)17(22-11)13-6-5-7-14(8-13)21-9-15-18(26)28-20(3,4)29-19(15)27/h5-9,21H,10H2,1-4H3,(H,24,25). The third-order valence-electron chi connectivity index (χ3n) is 4.37. The smallest absolute Gasteiger partial charge is 0.350 e. The summed E-state index contributed by atoms with van der Waals surface area (Å²) in [5.74, 6) is -3.32. The third-order valence-corrected chi connectivity index (χ3v) is 4.37. The Labute approximate surface area is 167 Å². The molecule has 1 aromatic carbocycles. The van der Waals surface area contributed by atoms with Crippen LogP contribution < -0.4 is 5.32 Å². The summed E-state index contributed by atoms with van der Waals surface area (Å²) in [6.45, 7) is 6.35. The van der Waals surface area contributed by atoms with E-state index < -0.39 is 23.7 Å². The number of esters is 2. The van der Waals surface area contributed by atoms with Crippen LogP contribution in [0.3, 0.4) is 0 Å². The minimum Gasteiger partial charge on any atom is -0.480 e. The molecule has 0 saturated carbocycles. The molecule has 2 N–H and O–H groups in total. The highest BCUT2D eigenvalue weighted by Crippen LogP contribution is 2.26. The number of carboxylic acid groups (broad SMARTS) is 1. The molecule has 29 heavy (non-hydrogen) atoms. The second-order valence-corrected chi connectivity index (χ2v) is 7.05. The monoisotopic (exact) mass is 399 g/mol. The zero-order valence-electron chi connectivity index (χ0n) is 16.5. The number of nitrogens with zero attached hydrogens (tertiary/aromatic N) is 2. The van der Waals surface area contributed by atoms with Crippen LogP contribution in [-0.4, -0.2) is 38.4 Å². The number of hydrogen-bond acceptors (Lipinski definition) is 7. The highest BCUT2D eigenvalue weighted by atomic mass is 16.7. The molecule has 0 unspecified atom stereocenters. The Kier molecular flexibility index (Phi) is 5.15. The van der Waals surface area contributed by atoms with Gasteiger partial charge in [0.05, 0.1) is 5.69 Å². The molecule has 9 nitrogen and oxygen atoms in total. The van der Waals surface area contributed by atoms with E-state index in [0.717, 1.165) is 11.4 Å². The first-order valence-electron chi connectivity index (χ1n) is 8.87. The van der Waals surface area contributed by atoms with Gasteiger partial charge in [-0.2, -0.15) is 0 Å². The molecule has 2 heterocycles. The van der Waals surface area contributed by atoms with E-state index in [9.17, 15) is 19.5 Å². The predicted molar refractivity (Wildman–Crippen MR) is 103 cm³/mol. The lowest BCUT2D eigenvalue weighted by Gasteiger charge is -2.29. The van der Waals surface area contributed by atoms with Crippen LogP contribution in [-0.2, 0) is 30.4 Å². The van der Waals surface area contributed by atoms with Crippen LogP contribution in [0.1, 0.15) is 25.2 Å². The maximum atomic E-state index is 12.0. The molecule has 1 aliphatic rings. The van der Waals surface area contributed by atoms with E-state index in [2.05, 4.69) is 10.3 Å². The number of aliphatic carboxylic acids is 1. The van der Waals surface area contributed by atoms with Crippen LogP contribution in [0.25, 0.3) is 11.4 Å². The Bertz CT molecular complexity index is 1010. The SMILES string of the molecule is Cc1nc(-c2cccc(NC=C3C(=O)OC(C)(C)OC3=O)c2)n(CC(=O)O)c1C. The number of ether oxygens (including phenoxy) is 2. The van der Waals surface area contributed by atoms with Gasteiger partial charge in [0, 0.05) is 37.0 Å². The number of aromatic nitrogens is 2. The van der Waals surface area contributed by atoms with Gasteiger partial charge in [-0.15, -0.1) is 0 Å². The van der Waals surface area contributed by atoms with Gasteiger partial charge < -0.3 is 24.5 Å². The predicted octanol–water partition coefficient (Wildman–Crippen LogP) is 2.38. The van der Waals surface area contributed by atoms with Gasteiger partial charge >= 0.3 is 17.9 Å². The molecule has 1 aliphatic heterocycles. The molecule has 152 valence electrons. The summed E-state index contributed by atoms with van der Waals surface area (Å²) in [6.07, 6.45) is 1.22. The number of aryl methyl sites for hydroxylation is 1. The maximum Gasteiger partial charge on any atom is 0.350 e. The number of rotatable bonds is 5.